The van der Waals surface area contributed by atoms with Crippen molar-refractivity contribution in [3.8, 4) is 0 Å². The molecule has 0 aromatic rings. The summed E-state index contributed by atoms with van der Waals surface area (Å²) in [5.41, 5.74) is 0.110. The van der Waals surface area contributed by atoms with Crippen molar-refractivity contribution in [2.75, 3.05) is 0 Å². The molecule has 4 nitrogen and oxygen atoms in total. The molecule has 116 valence electrons. The highest BCUT2D eigenvalue weighted by atomic mass is 16.5. The number of ether oxygens (including phenoxy) is 1. The molecule has 20 heavy (non-hydrogen) atoms. The number of carboxylic acids is 1. The number of esters is 1. The molecule has 1 aliphatic carbocycles. The Morgan fingerprint density at radius 1 is 1.30 bits per heavy atom. The third kappa shape index (κ3) is 3.97. The van der Waals surface area contributed by atoms with Gasteiger partial charge in [0.05, 0.1) is 12.3 Å². The minimum absolute atomic E-state index is 0.00316. The molecule has 0 aromatic heterocycles. The Bertz CT molecular complexity index is 333. The number of hydrogen-bond acceptors (Lipinski definition) is 3. The number of rotatable bonds is 8. The minimum Gasteiger partial charge on any atom is -0.481 e. The zero-order valence-electron chi connectivity index (χ0n) is 13.0. The molecule has 0 bridgehead atoms. The van der Waals surface area contributed by atoms with E-state index in [1.165, 1.54) is 0 Å². The van der Waals surface area contributed by atoms with Crippen molar-refractivity contribution >= 4 is 11.9 Å². The smallest absolute Gasteiger partial charge is 0.307 e. The van der Waals surface area contributed by atoms with Gasteiger partial charge in [0, 0.05) is 5.41 Å². The van der Waals surface area contributed by atoms with E-state index in [1.54, 1.807) is 0 Å². The molecule has 0 spiro atoms. The summed E-state index contributed by atoms with van der Waals surface area (Å²) >= 11 is 0. The van der Waals surface area contributed by atoms with Crippen LogP contribution in [0.1, 0.15) is 72.1 Å². The molecule has 0 heterocycles. The molecular weight excluding hydrogens is 256 g/mol. The SMILES string of the molecule is CCCC(CC(=O)OC1CCCC1(CC)CC)C(=O)O. The molecule has 2 atom stereocenters. The summed E-state index contributed by atoms with van der Waals surface area (Å²) < 4.78 is 5.63. The maximum atomic E-state index is 12.0. The van der Waals surface area contributed by atoms with Gasteiger partial charge in [-0.25, -0.2) is 0 Å². The second-order valence-corrected chi connectivity index (χ2v) is 5.97. The van der Waals surface area contributed by atoms with E-state index in [1.807, 2.05) is 6.92 Å². The lowest BCUT2D eigenvalue weighted by Crippen LogP contribution is -2.34. The van der Waals surface area contributed by atoms with Gasteiger partial charge in [-0.3, -0.25) is 9.59 Å². The van der Waals surface area contributed by atoms with Crippen molar-refractivity contribution in [3.05, 3.63) is 0 Å². The number of carboxylic acid groups (broad SMARTS) is 1. The van der Waals surface area contributed by atoms with Gasteiger partial charge < -0.3 is 9.84 Å². The molecule has 0 aliphatic heterocycles. The van der Waals surface area contributed by atoms with E-state index in [0.717, 1.165) is 38.5 Å². The van der Waals surface area contributed by atoms with E-state index in [0.29, 0.717) is 6.42 Å². The topological polar surface area (TPSA) is 63.6 Å². The quantitative estimate of drug-likeness (QED) is 0.689. The van der Waals surface area contributed by atoms with E-state index in [-0.39, 0.29) is 23.9 Å². The van der Waals surface area contributed by atoms with Crippen molar-refractivity contribution in [2.45, 2.75) is 78.2 Å². The first-order chi connectivity index (χ1) is 9.49. The predicted molar refractivity (Wildman–Crippen MR) is 77.4 cm³/mol. The Morgan fingerprint density at radius 3 is 2.45 bits per heavy atom. The Balaban J connectivity index is 2.59. The van der Waals surface area contributed by atoms with E-state index in [2.05, 4.69) is 13.8 Å². The molecule has 0 saturated heterocycles. The van der Waals surface area contributed by atoms with E-state index in [9.17, 15) is 9.59 Å². The molecule has 0 aromatic carbocycles. The van der Waals surface area contributed by atoms with Crippen LogP contribution in [0.5, 0.6) is 0 Å². The lowest BCUT2D eigenvalue weighted by Gasteiger charge is -2.33. The lowest BCUT2D eigenvalue weighted by molar-refractivity contribution is -0.160. The van der Waals surface area contributed by atoms with Crippen LogP contribution in [0.25, 0.3) is 0 Å². The fourth-order valence-electron chi connectivity index (χ4n) is 3.42. The van der Waals surface area contributed by atoms with Gasteiger partial charge in [-0.2, -0.15) is 0 Å². The van der Waals surface area contributed by atoms with Crippen molar-refractivity contribution in [1.29, 1.82) is 0 Å². The standard InChI is InChI=1S/C16H28O4/c1-4-8-12(15(18)19)11-14(17)20-13-9-7-10-16(13,5-2)6-3/h12-13H,4-11H2,1-3H3,(H,18,19). The van der Waals surface area contributed by atoms with Crippen LogP contribution in [0, 0.1) is 11.3 Å². The molecule has 1 fully saturated rings. The molecule has 0 amide bonds. The second-order valence-electron chi connectivity index (χ2n) is 5.97. The average molecular weight is 284 g/mol. The number of carbonyl (C=O) groups excluding carboxylic acids is 1. The van der Waals surface area contributed by atoms with Crippen LogP contribution in [0.4, 0.5) is 0 Å². The van der Waals surface area contributed by atoms with Crippen LogP contribution in [0.3, 0.4) is 0 Å². The Labute approximate surface area is 121 Å². The first kappa shape index (κ1) is 17.0. The van der Waals surface area contributed by atoms with E-state index in [4.69, 9.17) is 9.84 Å². The summed E-state index contributed by atoms with van der Waals surface area (Å²) in [5.74, 6) is -1.84. The summed E-state index contributed by atoms with van der Waals surface area (Å²) in [5, 5.41) is 9.10. The summed E-state index contributed by atoms with van der Waals surface area (Å²) in [6.07, 6.45) is 6.41. The molecule has 1 saturated carbocycles. The average Bonchev–Trinajstić information content (AvgIpc) is 2.81. The van der Waals surface area contributed by atoms with Gasteiger partial charge in [-0.1, -0.05) is 27.2 Å². The summed E-state index contributed by atoms with van der Waals surface area (Å²) in [6, 6.07) is 0. The monoisotopic (exact) mass is 284 g/mol. The van der Waals surface area contributed by atoms with E-state index >= 15 is 0 Å². The molecule has 0 radical (unpaired) electrons. The third-order valence-corrected chi connectivity index (χ3v) is 4.91. The molecule has 1 rings (SSSR count). The van der Waals surface area contributed by atoms with Crippen LogP contribution >= 0.6 is 0 Å². The Morgan fingerprint density at radius 2 is 1.95 bits per heavy atom. The molecule has 4 heteroatoms. The van der Waals surface area contributed by atoms with Crippen LogP contribution < -0.4 is 0 Å². The van der Waals surface area contributed by atoms with Gasteiger partial charge in [0.25, 0.3) is 0 Å². The molecule has 1 aliphatic rings. The maximum absolute atomic E-state index is 12.0. The summed E-state index contributed by atoms with van der Waals surface area (Å²) in [4.78, 5) is 23.1. The van der Waals surface area contributed by atoms with E-state index < -0.39 is 11.9 Å². The summed E-state index contributed by atoms with van der Waals surface area (Å²) in [6.45, 7) is 6.22. The third-order valence-electron chi connectivity index (χ3n) is 4.91. The lowest BCUT2D eigenvalue weighted by atomic mass is 9.79. The number of hydrogen-bond donors (Lipinski definition) is 1. The largest absolute Gasteiger partial charge is 0.481 e. The van der Waals surface area contributed by atoms with Crippen LogP contribution in [0.15, 0.2) is 0 Å². The fourth-order valence-corrected chi connectivity index (χ4v) is 3.42. The number of carbonyl (C=O) groups is 2. The van der Waals surface area contributed by atoms with Gasteiger partial charge in [0.2, 0.25) is 0 Å². The maximum Gasteiger partial charge on any atom is 0.307 e. The highest BCUT2D eigenvalue weighted by Crippen LogP contribution is 2.45. The highest BCUT2D eigenvalue weighted by molar-refractivity contribution is 5.78. The van der Waals surface area contributed by atoms with Gasteiger partial charge >= 0.3 is 11.9 Å². The highest BCUT2D eigenvalue weighted by Gasteiger charge is 2.42. The van der Waals surface area contributed by atoms with Gasteiger partial charge in [-0.15, -0.1) is 0 Å². The summed E-state index contributed by atoms with van der Waals surface area (Å²) in [7, 11) is 0. The predicted octanol–water partition coefficient (Wildman–Crippen LogP) is 3.78. The molecular formula is C16H28O4. The molecule has 2 unspecified atom stereocenters. The first-order valence-electron chi connectivity index (χ1n) is 7.91. The Hall–Kier alpha value is -1.06. The normalized spacial score (nSPS) is 22.4. The zero-order chi connectivity index (χ0) is 15.2. The second kappa shape index (κ2) is 7.65. The van der Waals surface area contributed by atoms with Gasteiger partial charge in [0.1, 0.15) is 6.10 Å². The van der Waals surface area contributed by atoms with Crippen molar-refractivity contribution in [3.63, 3.8) is 0 Å². The first-order valence-corrected chi connectivity index (χ1v) is 7.91. The van der Waals surface area contributed by atoms with Crippen LogP contribution in [0.2, 0.25) is 0 Å². The fraction of sp³-hybridized carbons (Fsp3) is 0.875. The van der Waals surface area contributed by atoms with Crippen molar-refractivity contribution < 1.29 is 19.4 Å². The van der Waals surface area contributed by atoms with Crippen LogP contribution in [-0.4, -0.2) is 23.1 Å². The van der Waals surface area contributed by atoms with Crippen molar-refractivity contribution in [1.82, 2.24) is 0 Å². The number of aliphatic carboxylic acids is 1. The Kier molecular flexibility index (Phi) is 6.50. The molecule has 1 N–H and O–H groups in total. The zero-order valence-corrected chi connectivity index (χ0v) is 13.0. The minimum atomic E-state index is -0.896. The van der Waals surface area contributed by atoms with Crippen molar-refractivity contribution in [2.24, 2.45) is 11.3 Å². The van der Waals surface area contributed by atoms with Crippen LogP contribution in [-0.2, 0) is 14.3 Å². The van der Waals surface area contributed by atoms with Gasteiger partial charge in [0.15, 0.2) is 0 Å². The van der Waals surface area contributed by atoms with Gasteiger partial charge in [-0.05, 0) is 38.5 Å².